The molecule has 2 heterocycles. The minimum atomic E-state index is 0. The fourth-order valence-corrected chi connectivity index (χ4v) is 4.08. The highest BCUT2D eigenvalue weighted by Gasteiger charge is 2.34. The van der Waals surface area contributed by atoms with Gasteiger partial charge in [-0.3, -0.25) is 4.79 Å². The third-order valence-electron chi connectivity index (χ3n) is 3.97. The van der Waals surface area contributed by atoms with Crippen LogP contribution in [0.25, 0.3) is 0 Å². The van der Waals surface area contributed by atoms with Gasteiger partial charge in [0, 0.05) is 19.5 Å². The van der Waals surface area contributed by atoms with Gasteiger partial charge in [-0.25, -0.2) is 0 Å². The van der Waals surface area contributed by atoms with Gasteiger partial charge >= 0.3 is 0 Å². The highest BCUT2D eigenvalue weighted by Crippen LogP contribution is 2.32. The van der Waals surface area contributed by atoms with Crippen molar-refractivity contribution in [3.05, 3.63) is 20.3 Å². The fraction of sp³-hybridized carbons (Fsp3) is 0.643. The SMILES string of the molecule is CC1(CN)CCN(C(=O)CCCc2cc(Cl)sc2Cl)C1.Cl. The molecule has 0 radical (unpaired) electrons. The summed E-state index contributed by atoms with van der Waals surface area (Å²) in [4.78, 5) is 14.1. The van der Waals surface area contributed by atoms with Gasteiger partial charge < -0.3 is 10.6 Å². The average Bonchev–Trinajstić information content (AvgIpc) is 2.94. The van der Waals surface area contributed by atoms with Crippen molar-refractivity contribution >= 4 is 52.9 Å². The third-order valence-corrected chi connectivity index (χ3v) is 5.54. The lowest BCUT2D eigenvalue weighted by Gasteiger charge is -2.22. The molecule has 1 aromatic heterocycles. The first-order valence-electron chi connectivity index (χ1n) is 6.85. The maximum absolute atomic E-state index is 12.2. The van der Waals surface area contributed by atoms with E-state index in [0.29, 0.717) is 17.3 Å². The van der Waals surface area contributed by atoms with Gasteiger partial charge in [0.2, 0.25) is 5.91 Å². The molecule has 1 aromatic rings. The first kappa shape index (κ1) is 19.0. The van der Waals surface area contributed by atoms with Crippen LogP contribution >= 0.6 is 46.9 Å². The van der Waals surface area contributed by atoms with E-state index >= 15 is 0 Å². The Balaban J connectivity index is 0.00000220. The van der Waals surface area contributed by atoms with Gasteiger partial charge in [-0.15, -0.1) is 23.7 Å². The molecular formula is C14H21Cl3N2OS. The molecule has 0 spiro atoms. The minimum Gasteiger partial charge on any atom is -0.342 e. The molecule has 0 aromatic carbocycles. The first-order valence-corrected chi connectivity index (χ1v) is 8.42. The van der Waals surface area contributed by atoms with Crippen molar-refractivity contribution in [2.75, 3.05) is 19.6 Å². The van der Waals surface area contributed by atoms with Crippen LogP contribution in [0.5, 0.6) is 0 Å². The molecule has 1 unspecified atom stereocenters. The summed E-state index contributed by atoms with van der Waals surface area (Å²) in [6, 6.07) is 1.89. The van der Waals surface area contributed by atoms with Crippen LogP contribution in [0.4, 0.5) is 0 Å². The van der Waals surface area contributed by atoms with Crippen LogP contribution in [0.3, 0.4) is 0 Å². The number of halogens is 3. The van der Waals surface area contributed by atoms with Crippen LogP contribution in [-0.2, 0) is 11.2 Å². The van der Waals surface area contributed by atoms with Crippen LogP contribution < -0.4 is 5.73 Å². The second-order valence-corrected chi connectivity index (χ2v) is 8.07. The smallest absolute Gasteiger partial charge is 0.222 e. The van der Waals surface area contributed by atoms with Gasteiger partial charge in [0.05, 0.1) is 8.67 Å². The lowest BCUT2D eigenvalue weighted by molar-refractivity contribution is -0.130. The maximum atomic E-state index is 12.2. The zero-order chi connectivity index (χ0) is 14.8. The molecule has 7 heteroatoms. The Hall–Kier alpha value is -0.000000000000000222. The normalized spacial score (nSPS) is 21.4. The summed E-state index contributed by atoms with van der Waals surface area (Å²) in [5, 5.41) is 0. The molecule has 1 amide bonds. The van der Waals surface area contributed by atoms with Crippen molar-refractivity contribution in [1.29, 1.82) is 0 Å². The second kappa shape index (κ2) is 8.02. The van der Waals surface area contributed by atoms with E-state index in [0.717, 1.165) is 42.3 Å². The molecule has 2 rings (SSSR count). The van der Waals surface area contributed by atoms with E-state index in [1.54, 1.807) is 0 Å². The monoisotopic (exact) mass is 370 g/mol. The molecule has 1 saturated heterocycles. The maximum Gasteiger partial charge on any atom is 0.222 e. The Morgan fingerprint density at radius 1 is 1.52 bits per heavy atom. The highest BCUT2D eigenvalue weighted by molar-refractivity contribution is 7.20. The number of carbonyl (C=O) groups is 1. The molecule has 3 nitrogen and oxygen atoms in total. The minimum absolute atomic E-state index is 0. The Kier molecular flexibility index (Phi) is 7.28. The number of aryl methyl sites for hydroxylation is 1. The number of likely N-dealkylation sites (tertiary alicyclic amines) is 1. The van der Waals surface area contributed by atoms with Crippen molar-refractivity contribution < 1.29 is 4.79 Å². The first-order chi connectivity index (χ1) is 9.43. The van der Waals surface area contributed by atoms with Crippen molar-refractivity contribution in [3.8, 4) is 0 Å². The summed E-state index contributed by atoms with van der Waals surface area (Å²) in [7, 11) is 0. The van der Waals surface area contributed by atoms with E-state index < -0.39 is 0 Å². The van der Waals surface area contributed by atoms with Crippen LogP contribution in [0.1, 0.15) is 31.7 Å². The van der Waals surface area contributed by atoms with Gasteiger partial charge in [-0.1, -0.05) is 30.1 Å². The van der Waals surface area contributed by atoms with Gasteiger partial charge in [0.25, 0.3) is 0 Å². The summed E-state index contributed by atoms with van der Waals surface area (Å²) in [5.41, 5.74) is 6.90. The lowest BCUT2D eigenvalue weighted by atomic mass is 9.90. The van der Waals surface area contributed by atoms with Gasteiger partial charge in [0.1, 0.15) is 0 Å². The van der Waals surface area contributed by atoms with Crippen LogP contribution in [0.15, 0.2) is 6.07 Å². The number of nitrogens with two attached hydrogens (primary N) is 1. The Labute approximate surface area is 146 Å². The van der Waals surface area contributed by atoms with Gasteiger partial charge in [-0.05, 0) is 42.9 Å². The van der Waals surface area contributed by atoms with Crippen LogP contribution in [0, 0.1) is 5.41 Å². The van der Waals surface area contributed by atoms with E-state index in [1.165, 1.54) is 11.3 Å². The predicted octanol–water partition coefficient (Wildman–Crippen LogP) is 4.00. The summed E-state index contributed by atoms with van der Waals surface area (Å²) in [5.74, 6) is 0.222. The topological polar surface area (TPSA) is 46.3 Å². The zero-order valence-electron chi connectivity index (χ0n) is 12.0. The number of rotatable bonds is 5. The summed E-state index contributed by atoms with van der Waals surface area (Å²) in [6.45, 7) is 4.40. The predicted molar refractivity (Wildman–Crippen MR) is 92.9 cm³/mol. The summed E-state index contributed by atoms with van der Waals surface area (Å²) < 4.78 is 1.44. The number of hydrogen-bond donors (Lipinski definition) is 1. The van der Waals surface area contributed by atoms with Crippen molar-refractivity contribution in [3.63, 3.8) is 0 Å². The lowest BCUT2D eigenvalue weighted by Crippen LogP contribution is -2.34. The number of amides is 1. The molecule has 21 heavy (non-hydrogen) atoms. The Morgan fingerprint density at radius 3 is 2.76 bits per heavy atom. The number of thiophene rings is 1. The molecule has 1 fully saturated rings. The van der Waals surface area contributed by atoms with Crippen molar-refractivity contribution in [2.45, 2.75) is 32.6 Å². The largest absolute Gasteiger partial charge is 0.342 e. The van der Waals surface area contributed by atoms with Gasteiger partial charge in [-0.2, -0.15) is 0 Å². The number of nitrogens with zero attached hydrogens (tertiary/aromatic N) is 1. The Morgan fingerprint density at radius 2 is 2.24 bits per heavy atom. The highest BCUT2D eigenvalue weighted by atomic mass is 35.5. The zero-order valence-corrected chi connectivity index (χ0v) is 15.2. The van der Waals surface area contributed by atoms with E-state index in [4.69, 9.17) is 28.9 Å². The summed E-state index contributed by atoms with van der Waals surface area (Å²) >= 11 is 13.4. The van der Waals surface area contributed by atoms with Crippen molar-refractivity contribution in [1.82, 2.24) is 4.90 Å². The molecule has 0 aliphatic carbocycles. The van der Waals surface area contributed by atoms with Crippen LogP contribution in [0.2, 0.25) is 8.67 Å². The number of carbonyl (C=O) groups excluding carboxylic acids is 1. The second-order valence-electron chi connectivity index (χ2n) is 5.78. The van der Waals surface area contributed by atoms with E-state index in [1.807, 2.05) is 11.0 Å². The fourth-order valence-electron chi connectivity index (χ4n) is 2.54. The Bertz CT molecular complexity index is 495. The molecular weight excluding hydrogens is 351 g/mol. The molecule has 0 bridgehead atoms. The standard InChI is InChI=1S/C14H20Cl2N2OS.ClH/c1-14(8-17)5-6-18(9-14)12(19)4-2-3-10-7-11(15)20-13(10)16;/h7H,2-6,8-9,17H2,1H3;1H. The van der Waals surface area contributed by atoms with Gasteiger partial charge in [0.15, 0.2) is 0 Å². The van der Waals surface area contributed by atoms with E-state index in [2.05, 4.69) is 6.92 Å². The molecule has 120 valence electrons. The molecule has 1 aliphatic rings. The number of hydrogen-bond acceptors (Lipinski definition) is 3. The molecule has 0 saturated carbocycles. The van der Waals surface area contributed by atoms with Crippen molar-refractivity contribution in [2.24, 2.45) is 11.1 Å². The summed E-state index contributed by atoms with van der Waals surface area (Å²) in [6.07, 6.45) is 3.17. The van der Waals surface area contributed by atoms with Crippen LogP contribution in [-0.4, -0.2) is 30.4 Å². The molecule has 1 atom stereocenters. The average molecular weight is 372 g/mol. The quantitative estimate of drug-likeness (QED) is 0.850. The molecule has 2 N–H and O–H groups in total. The van der Waals surface area contributed by atoms with E-state index in [9.17, 15) is 4.79 Å². The third kappa shape index (κ3) is 5.00. The van der Waals surface area contributed by atoms with E-state index in [-0.39, 0.29) is 23.7 Å². The molecule has 1 aliphatic heterocycles.